The first-order chi connectivity index (χ1) is 39.0. The van der Waals surface area contributed by atoms with Gasteiger partial charge in [0.05, 0.1) is 83.6 Å². The fourth-order valence-corrected chi connectivity index (χ4v) is 12.4. The molecule has 0 bridgehead atoms. The van der Waals surface area contributed by atoms with Crippen molar-refractivity contribution >= 4 is 109 Å². The molecule has 5 aromatic heterocycles. The number of para-hydroxylation sites is 5. The van der Waals surface area contributed by atoms with Crippen molar-refractivity contribution in [3.05, 3.63) is 216 Å². The number of nitriles is 2. The molecule has 7 nitrogen and oxygen atoms in total. The maximum Gasteiger partial charge on any atom is 0.416 e. The first kappa shape index (κ1) is 47.7. The van der Waals surface area contributed by atoms with Gasteiger partial charge in [0.25, 0.3) is 0 Å². The second kappa shape index (κ2) is 16.5. The summed E-state index contributed by atoms with van der Waals surface area (Å²) in [5.74, 6) is 0. The van der Waals surface area contributed by atoms with E-state index in [2.05, 4.69) is 12.1 Å². The fourth-order valence-electron chi connectivity index (χ4n) is 12.4. The van der Waals surface area contributed by atoms with Crippen molar-refractivity contribution < 1.29 is 43.9 Å². The summed E-state index contributed by atoms with van der Waals surface area (Å²) in [7, 11) is 0. The predicted molar refractivity (Wildman–Crippen MR) is 296 cm³/mol. The van der Waals surface area contributed by atoms with Crippen LogP contribution in [0.3, 0.4) is 0 Å². The van der Waals surface area contributed by atoms with Gasteiger partial charge < -0.3 is 22.7 Å². The summed E-state index contributed by atoms with van der Waals surface area (Å²) in [5, 5.41) is 29.2. The molecular formula is C65H31F9N6O. The molecule has 81 heavy (non-hydrogen) atoms. The monoisotopic (exact) mass is 1080 g/mol. The lowest BCUT2D eigenvalue weighted by Gasteiger charge is -2.27. The summed E-state index contributed by atoms with van der Waals surface area (Å²) in [4.78, 5) is 0. The highest BCUT2D eigenvalue weighted by atomic mass is 19.4. The smallest absolute Gasteiger partial charge is 0.416 e. The summed E-state index contributed by atoms with van der Waals surface area (Å²) in [5.41, 5.74) is -0.185. The van der Waals surface area contributed by atoms with E-state index < -0.39 is 35.2 Å². The van der Waals surface area contributed by atoms with Crippen LogP contribution in [0.15, 0.2) is 192 Å². The quantitative estimate of drug-likeness (QED) is 0.165. The van der Waals surface area contributed by atoms with E-state index >= 15 is 0 Å². The second-order valence-corrected chi connectivity index (χ2v) is 19.9. The second-order valence-electron chi connectivity index (χ2n) is 19.9. The minimum Gasteiger partial charge on any atom is -0.454 e. The zero-order valence-corrected chi connectivity index (χ0v) is 41.4. The molecule has 0 radical (unpaired) electrons. The number of alkyl halides is 9. The number of rotatable bonds is 4. The first-order valence-corrected chi connectivity index (χ1v) is 25.3. The molecule has 10 aromatic carbocycles. The van der Waals surface area contributed by atoms with Gasteiger partial charge in [-0.05, 0) is 91.0 Å². The molecule has 5 heterocycles. The molecule has 0 atom stereocenters. The largest absolute Gasteiger partial charge is 0.454 e. The van der Waals surface area contributed by atoms with Crippen molar-refractivity contribution in [1.29, 1.82) is 10.5 Å². The van der Waals surface area contributed by atoms with Crippen LogP contribution in [0.4, 0.5) is 39.5 Å². The zero-order valence-electron chi connectivity index (χ0n) is 41.4. The molecule has 0 saturated heterocycles. The van der Waals surface area contributed by atoms with Crippen molar-refractivity contribution in [3.63, 3.8) is 0 Å². The van der Waals surface area contributed by atoms with Crippen LogP contribution >= 0.6 is 0 Å². The van der Waals surface area contributed by atoms with Crippen LogP contribution < -0.4 is 0 Å². The van der Waals surface area contributed by atoms with Crippen molar-refractivity contribution in [3.8, 4) is 34.9 Å². The normalized spacial score (nSPS) is 12.7. The lowest BCUT2D eigenvalue weighted by Crippen LogP contribution is -2.17. The Morgan fingerprint density at radius 1 is 0.309 bits per heavy atom. The minimum absolute atomic E-state index is 0.0208. The van der Waals surface area contributed by atoms with Crippen molar-refractivity contribution in [1.82, 2.24) is 18.3 Å². The van der Waals surface area contributed by atoms with E-state index in [4.69, 9.17) is 4.42 Å². The van der Waals surface area contributed by atoms with E-state index in [0.717, 1.165) is 41.8 Å². The molecule has 16 heteroatoms. The van der Waals surface area contributed by atoms with Gasteiger partial charge in [-0.3, -0.25) is 0 Å². The average molecular weight is 1080 g/mol. The molecule has 0 aliphatic carbocycles. The molecule has 0 N–H and O–H groups in total. The molecule has 0 fully saturated rings. The van der Waals surface area contributed by atoms with Crippen LogP contribution in [-0.4, -0.2) is 18.3 Å². The number of benzene rings is 10. The molecule has 15 rings (SSSR count). The summed E-state index contributed by atoms with van der Waals surface area (Å²) in [6.07, 6.45) is -14.4. The number of fused-ring (bicyclic) bond motifs is 16. The van der Waals surface area contributed by atoms with Crippen LogP contribution in [0.5, 0.6) is 0 Å². The SMILES string of the molecule is N#Cc1c(-n2c3ccccc3c3cc(C(F)(F)F)ccc32)c(-n2c3ccccc3c3cc(C(F)(F)F)ccc32)c(C#N)c(-n2c3ccccc3c3ccc4c5ccccc5oc4c32)c1-n1c2ccccc2c2cc(C(F)(F)F)ccc21. The Labute approximate surface area is 449 Å². The van der Waals surface area contributed by atoms with E-state index in [0.29, 0.717) is 65.6 Å². The number of halogens is 9. The van der Waals surface area contributed by atoms with E-state index in [1.165, 1.54) is 18.2 Å². The number of hydrogen-bond acceptors (Lipinski definition) is 3. The highest BCUT2D eigenvalue weighted by Crippen LogP contribution is 2.51. The molecule has 0 aliphatic rings. The van der Waals surface area contributed by atoms with Crippen molar-refractivity contribution in [2.75, 3.05) is 0 Å². The topological polar surface area (TPSA) is 80.4 Å². The van der Waals surface area contributed by atoms with Gasteiger partial charge >= 0.3 is 18.5 Å². The Kier molecular flexibility index (Phi) is 9.75. The van der Waals surface area contributed by atoms with Gasteiger partial charge in [0.1, 0.15) is 28.8 Å². The molecule has 15 aromatic rings. The zero-order chi connectivity index (χ0) is 55.6. The summed E-state index contributed by atoms with van der Waals surface area (Å²) in [6, 6.07) is 53.1. The number of hydrogen-bond donors (Lipinski definition) is 0. The van der Waals surface area contributed by atoms with Crippen LogP contribution in [0.1, 0.15) is 27.8 Å². The first-order valence-electron chi connectivity index (χ1n) is 25.3. The van der Waals surface area contributed by atoms with E-state index in [1.54, 1.807) is 97.1 Å². The van der Waals surface area contributed by atoms with Crippen LogP contribution in [-0.2, 0) is 18.5 Å². The molecular weight excluding hydrogens is 1050 g/mol. The molecule has 0 amide bonds. The standard InChI is InChI=1S/C65H31F9N6O/c66-63(67,68)34-21-26-53-44(29-34)38-12-2-6-16-49(38)77(53)57-47(32-75)59(79-51-18-8-4-14-40(51)46-31-36(65(72,73)74)23-28-55(46)79)60(48(33-76)58(57)78-50-17-7-3-13-39(50)45-30-35(64(69,70)71)22-27-54(45)78)80-52-19-9-1-11-37(52)42-24-25-43-41-15-5-10-20-56(41)81-62(43)61(42)80/h1-31H. The number of nitrogens with zero attached hydrogens (tertiary/aromatic N) is 6. The Morgan fingerprint density at radius 3 is 1.00 bits per heavy atom. The fraction of sp³-hybridized carbons (Fsp3) is 0.0462. The predicted octanol–water partition coefficient (Wildman–Crippen LogP) is 18.8. The molecule has 0 aliphatic heterocycles. The highest BCUT2D eigenvalue weighted by Gasteiger charge is 2.38. The Balaban J connectivity index is 1.27. The maximum atomic E-state index is 14.8. The Morgan fingerprint density at radius 2 is 0.617 bits per heavy atom. The lowest BCUT2D eigenvalue weighted by atomic mass is 9.98. The molecule has 0 spiro atoms. The minimum atomic E-state index is -4.79. The van der Waals surface area contributed by atoms with Crippen molar-refractivity contribution in [2.45, 2.75) is 18.5 Å². The Hall–Kier alpha value is -10.5. The highest BCUT2D eigenvalue weighted by molar-refractivity contribution is 6.23. The lowest BCUT2D eigenvalue weighted by molar-refractivity contribution is -0.138. The summed E-state index contributed by atoms with van der Waals surface area (Å²) < 4.78 is 147. The van der Waals surface area contributed by atoms with E-state index in [-0.39, 0.29) is 72.1 Å². The van der Waals surface area contributed by atoms with Crippen LogP contribution in [0.2, 0.25) is 0 Å². The van der Waals surface area contributed by atoms with E-state index in [9.17, 15) is 50.0 Å². The third kappa shape index (κ3) is 6.64. The summed E-state index contributed by atoms with van der Waals surface area (Å²) >= 11 is 0. The van der Waals surface area contributed by atoms with Crippen LogP contribution in [0.25, 0.3) is 132 Å². The van der Waals surface area contributed by atoms with Gasteiger partial charge in [-0.25, -0.2) is 0 Å². The van der Waals surface area contributed by atoms with Crippen molar-refractivity contribution in [2.24, 2.45) is 0 Å². The van der Waals surface area contributed by atoms with Gasteiger partial charge in [0.15, 0.2) is 5.58 Å². The Bertz CT molecular complexity index is 5360. The molecule has 0 unspecified atom stereocenters. The van der Waals surface area contributed by atoms with E-state index in [1.807, 2.05) is 54.6 Å². The molecule has 390 valence electrons. The van der Waals surface area contributed by atoms with Gasteiger partial charge in [-0.1, -0.05) is 97.1 Å². The number of furan rings is 1. The van der Waals surface area contributed by atoms with Gasteiger partial charge in [-0.2, -0.15) is 50.0 Å². The molecule has 0 saturated carbocycles. The van der Waals surface area contributed by atoms with Gasteiger partial charge in [-0.15, -0.1) is 0 Å². The average Bonchev–Trinajstić information content (AvgIpc) is 4.29. The maximum absolute atomic E-state index is 14.8. The number of aromatic nitrogens is 4. The third-order valence-corrected chi connectivity index (χ3v) is 15.7. The van der Waals surface area contributed by atoms with Gasteiger partial charge in [0.2, 0.25) is 0 Å². The third-order valence-electron chi connectivity index (χ3n) is 15.7. The summed E-state index contributed by atoms with van der Waals surface area (Å²) in [6.45, 7) is 0. The van der Waals surface area contributed by atoms with Crippen LogP contribution in [0, 0.1) is 22.7 Å². The van der Waals surface area contributed by atoms with Gasteiger partial charge in [0, 0.05) is 53.9 Å².